The molecule has 3 N–H and O–H groups in total. The number of aromatic nitrogens is 2. The minimum absolute atomic E-state index is 0.0848. The summed E-state index contributed by atoms with van der Waals surface area (Å²) in [6, 6.07) is 0. The molecule has 1 rings (SSSR count). The fraction of sp³-hybridized carbons (Fsp3) is 0.556. The summed E-state index contributed by atoms with van der Waals surface area (Å²) < 4.78 is 0. The van der Waals surface area contributed by atoms with E-state index in [2.05, 4.69) is 9.97 Å². The lowest BCUT2D eigenvalue weighted by atomic mass is 10.1. The van der Waals surface area contributed by atoms with E-state index in [9.17, 15) is 15.2 Å². The van der Waals surface area contributed by atoms with Crippen molar-refractivity contribution in [3.63, 3.8) is 0 Å². The summed E-state index contributed by atoms with van der Waals surface area (Å²) in [5, 5.41) is 20.2. The van der Waals surface area contributed by atoms with E-state index < -0.39 is 10.5 Å². The first-order valence-electron chi connectivity index (χ1n) is 4.91. The van der Waals surface area contributed by atoms with E-state index in [1.165, 1.54) is 4.90 Å². The molecule has 0 spiro atoms. The lowest BCUT2D eigenvalue weighted by Gasteiger charge is -2.34. The van der Waals surface area contributed by atoms with Crippen molar-refractivity contribution in [3.8, 4) is 0 Å². The second-order valence-electron chi connectivity index (χ2n) is 4.22. The molecule has 8 heteroatoms. The number of nitrogens with zero attached hydrogens (tertiary/aromatic N) is 4. The highest BCUT2D eigenvalue weighted by atomic mass is 16.6. The van der Waals surface area contributed by atoms with Gasteiger partial charge < -0.3 is 15.7 Å². The Morgan fingerprint density at radius 3 is 2.65 bits per heavy atom. The largest absolute Gasteiger partial charge is 0.394 e. The highest BCUT2D eigenvalue weighted by Gasteiger charge is 2.31. The summed E-state index contributed by atoms with van der Waals surface area (Å²) in [6.45, 7) is 3.29. The monoisotopic (exact) mass is 241 g/mol. The molecule has 0 amide bonds. The van der Waals surface area contributed by atoms with Crippen LogP contribution in [0.4, 0.5) is 17.3 Å². The van der Waals surface area contributed by atoms with Gasteiger partial charge >= 0.3 is 5.69 Å². The number of hydrogen-bond acceptors (Lipinski definition) is 7. The van der Waals surface area contributed by atoms with Crippen LogP contribution < -0.4 is 10.6 Å². The Morgan fingerprint density at radius 1 is 1.59 bits per heavy atom. The minimum Gasteiger partial charge on any atom is -0.394 e. The molecular formula is C9H15N5O3. The van der Waals surface area contributed by atoms with E-state index in [4.69, 9.17) is 5.73 Å². The normalized spacial score (nSPS) is 11.3. The van der Waals surface area contributed by atoms with Crippen molar-refractivity contribution < 1.29 is 10.0 Å². The van der Waals surface area contributed by atoms with Crippen molar-refractivity contribution in [1.29, 1.82) is 0 Å². The molecule has 0 fully saturated rings. The Morgan fingerprint density at radius 2 is 2.18 bits per heavy atom. The van der Waals surface area contributed by atoms with Crippen molar-refractivity contribution in [2.45, 2.75) is 19.4 Å². The standard InChI is InChI=1S/C9H15N5O3/c1-9(2,4-15)13(3)8-6(14(16)17)7(10)11-5-12-8/h5,15H,4H2,1-3H3,(H2,10,11,12). The van der Waals surface area contributed by atoms with Gasteiger partial charge in [-0.25, -0.2) is 9.97 Å². The van der Waals surface area contributed by atoms with Crippen LogP contribution in [0.15, 0.2) is 6.33 Å². The van der Waals surface area contributed by atoms with Gasteiger partial charge in [0.1, 0.15) is 6.33 Å². The Labute approximate surface area is 98.2 Å². The molecule has 8 nitrogen and oxygen atoms in total. The first-order chi connectivity index (χ1) is 7.81. The van der Waals surface area contributed by atoms with Crippen LogP contribution in [0.25, 0.3) is 0 Å². The van der Waals surface area contributed by atoms with Gasteiger partial charge in [0, 0.05) is 7.05 Å². The molecule has 0 aliphatic carbocycles. The molecule has 1 aromatic rings. The summed E-state index contributed by atoms with van der Waals surface area (Å²) in [5.41, 5.74) is 4.42. The van der Waals surface area contributed by atoms with E-state index in [1.54, 1.807) is 20.9 Å². The summed E-state index contributed by atoms with van der Waals surface area (Å²) in [4.78, 5) is 19.2. The maximum absolute atomic E-state index is 10.9. The molecule has 0 atom stereocenters. The Balaban J connectivity index is 3.32. The van der Waals surface area contributed by atoms with Gasteiger partial charge in [-0.1, -0.05) is 0 Å². The lowest BCUT2D eigenvalue weighted by molar-refractivity contribution is -0.383. The predicted molar refractivity (Wildman–Crippen MR) is 62.7 cm³/mol. The topological polar surface area (TPSA) is 118 Å². The number of hydrogen-bond donors (Lipinski definition) is 2. The van der Waals surface area contributed by atoms with Gasteiger partial charge in [-0.15, -0.1) is 0 Å². The number of aliphatic hydroxyl groups is 1. The van der Waals surface area contributed by atoms with E-state index >= 15 is 0 Å². The Kier molecular flexibility index (Phi) is 3.47. The molecular weight excluding hydrogens is 226 g/mol. The molecule has 94 valence electrons. The molecule has 0 bridgehead atoms. The summed E-state index contributed by atoms with van der Waals surface area (Å²) in [7, 11) is 1.60. The van der Waals surface area contributed by atoms with Crippen molar-refractivity contribution in [3.05, 3.63) is 16.4 Å². The number of nitro groups is 1. The van der Waals surface area contributed by atoms with Crippen LogP contribution in [0.5, 0.6) is 0 Å². The van der Waals surface area contributed by atoms with Crippen LogP contribution in [0, 0.1) is 10.1 Å². The smallest absolute Gasteiger partial charge is 0.353 e. The van der Waals surface area contributed by atoms with Gasteiger partial charge in [0.25, 0.3) is 0 Å². The highest BCUT2D eigenvalue weighted by Crippen LogP contribution is 2.32. The van der Waals surface area contributed by atoms with E-state index in [1.807, 2.05) is 0 Å². The third-order valence-corrected chi connectivity index (χ3v) is 2.63. The van der Waals surface area contributed by atoms with Gasteiger partial charge in [-0.05, 0) is 13.8 Å². The number of anilines is 2. The van der Waals surface area contributed by atoms with Crippen molar-refractivity contribution in [2.75, 3.05) is 24.3 Å². The predicted octanol–water partition coefficient (Wildman–Crippen LogP) is 0.174. The van der Waals surface area contributed by atoms with Crippen LogP contribution in [-0.2, 0) is 0 Å². The SMILES string of the molecule is CN(c1ncnc(N)c1[N+](=O)[O-])C(C)(C)CO. The zero-order valence-corrected chi connectivity index (χ0v) is 9.91. The second kappa shape index (κ2) is 4.50. The molecule has 0 aromatic carbocycles. The van der Waals surface area contributed by atoms with Crippen LogP contribution in [0.2, 0.25) is 0 Å². The first kappa shape index (κ1) is 13.1. The van der Waals surface area contributed by atoms with Crippen LogP contribution in [0.1, 0.15) is 13.8 Å². The van der Waals surface area contributed by atoms with Crippen LogP contribution >= 0.6 is 0 Å². The van der Waals surface area contributed by atoms with Crippen molar-refractivity contribution in [2.24, 2.45) is 0 Å². The Bertz CT molecular complexity index is 435. The summed E-state index contributed by atoms with van der Waals surface area (Å²) >= 11 is 0. The first-order valence-corrected chi connectivity index (χ1v) is 4.91. The maximum atomic E-state index is 10.9. The van der Waals surface area contributed by atoms with Gasteiger partial charge in [0.05, 0.1) is 17.1 Å². The number of nitrogen functional groups attached to an aromatic ring is 1. The van der Waals surface area contributed by atoms with Gasteiger partial charge in [0.2, 0.25) is 11.6 Å². The molecule has 0 saturated heterocycles. The zero-order valence-electron chi connectivity index (χ0n) is 9.91. The number of rotatable bonds is 4. The van der Waals surface area contributed by atoms with Gasteiger partial charge in [0.15, 0.2) is 0 Å². The molecule has 0 radical (unpaired) electrons. The summed E-state index contributed by atoms with van der Waals surface area (Å²) in [5.74, 6) is -0.109. The van der Waals surface area contributed by atoms with Gasteiger partial charge in [-0.2, -0.15) is 0 Å². The third kappa shape index (κ3) is 2.41. The van der Waals surface area contributed by atoms with Crippen LogP contribution in [-0.4, -0.2) is 39.2 Å². The molecule has 0 saturated carbocycles. The average Bonchev–Trinajstić information content (AvgIpc) is 2.27. The number of likely N-dealkylation sites (N-methyl/N-ethyl adjacent to an activating group) is 1. The molecule has 17 heavy (non-hydrogen) atoms. The van der Waals surface area contributed by atoms with E-state index in [0.717, 1.165) is 6.33 Å². The van der Waals surface area contributed by atoms with E-state index in [-0.39, 0.29) is 23.9 Å². The molecule has 1 aromatic heterocycles. The van der Waals surface area contributed by atoms with Gasteiger partial charge in [-0.3, -0.25) is 10.1 Å². The minimum atomic E-state index is -0.689. The fourth-order valence-electron chi connectivity index (χ4n) is 1.20. The third-order valence-electron chi connectivity index (χ3n) is 2.63. The highest BCUT2D eigenvalue weighted by molar-refractivity contribution is 5.68. The number of aliphatic hydroxyl groups excluding tert-OH is 1. The maximum Gasteiger partial charge on any atom is 0.353 e. The number of nitrogens with two attached hydrogens (primary N) is 1. The quantitative estimate of drug-likeness (QED) is 0.569. The Hall–Kier alpha value is -1.96. The van der Waals surface area contributed by atoms with Crippen LogP contribution in [0.3, 0.4) is 0 Å². The summed E-state index contributed by atoms with van der Waals surface area (Å²) in [6.07, 6.45) is 1.15. The zero-order chi connectivity index (χ0) is 13.2. The van der Waals surface area contributed by atoms with Crippen molar-refractivity contribution >= 4 is 17.3 Å². The average molecular weight is 241 g/mol. The van der Waals surface area contributed by atoms with Crippen molar-refractivity contribution in [1.82, 2.24) is 9.97 Å². The second-order valence-corrected chi connectivity index (χ2v) is 4.22. The lowest BCUT2D eigenvalue weighted by Crippen LogP contribution is -2.45. The molecule has 0 aliphatic rings. The molecule has 1 heterocycles. The molecule has 0 unspecified atom stereocenters. The molecule has 0 aliphatic heterocycles. The fourth-order valence-corrected chi connectivity index (χ4v) is 1.20. The van der Waals surface area contributed by atoms with E-state index in [0.29, 0.717) is 0 Å².